The Morgan fingerprint density at radius 3 is 2.93 bits per heavy atom. The summed E-state index contributed by atoms with van der Waals surface area (Å²) in [5.74, 6) is 0.171. The number of nitrogens with one attached hydrogen (secondary N) is 1. The van der Waals surface area contributed by atoms with E-state index in [4.69, 9.17) is 5.73 Å². The number of piperidine rings is 1. The molecule has 76 valence electrons. The van der Waals surface area contributed by atoms with Crippen molar-refractivity contribution in [3.63, 3.8) is 0 Å². The number of hydrogen-bond donors (Lipinski definition) is 2. The molecule has 1 aliphatic rings. The second-order valence-corrected chi connectivity index (χ2v) is 3.82. The van der Waals surface area contributed by atoms with Crippen LogP contribution in [0.2, 0.25) is 0 Å². The molecule has 14 heavy (non-hydrogen) atoms. The molecule has 0 bridgehead atoms. The average molecular weight is 194 g/mol. The van der Waals surface area contributed by atoms with Crippen molar-refractivity contribution in [3.8, 4) is 0 Å². The second kappa shape index (κ2) is 3.96. The third-order valence-corrected chi connectivity index (χ3v) is 2.79. The number of benzene rings is 1. The number of nitrogen functional groups attached to an aromatic ring is 1. The van der Waals surface area contributed by atoms with E-state index in [0.29, 0.717) is 5.92 Å². The zero-order valence-electron chi connectivity index (χ0n) is 8.09. The molecule has 1 aliphatic heterocycles. The Balaban J connectivity index is 2.18. The number of halogens is 1. The minimum atomic E-state index is -0.322. The summed E-state index contributed by atoms with van der Waals surface area (Å²) in [5, 5.41) is 3.33. The molecule has 1 aromatic rings. The maximum Gasteiger partial charge on any atom is 0.146 e. The fraction of sp³-hybridized carbons (Fsp3) is 0.455. The highest BCUT2D eigenvalue weighted by Crippen LogP contribution is 2.25. The van der Waals surface area contributed by atoms with Gasteiger partial charge in [-0.1, -0.05) is 6.07 Å². The van der Waals surface area contributed by atoms with E-state index in [1.165, 1.54) is 12.5 Å². The predicted molar refractivity (Wildman–Crippen MR) is 55.7 cm³/mol. The molecule has 0 spiro atoms. The van der Waals surface area contributed by atoms with Gasteiger partial charge in [0.15, 0.2) is 0 Å². The summed E-state index contributed by atoms with van der Waals surface area (Å²) >= 11 is 0. The lowest BCUT2D eigenvalue weighted by Crippen LogP contribution is -2.28. The molecule has 0 aromatic heterocycles. The molecule has 2 rings (SSSR count). The van der Waals surface area contributed by atoms with E-state index >= 15 is 0 Å². The Labute approximate surface area is 83.3 Å². The fourth-order valence-electron chi connectivity index (χ4n) is 1.95. The van der Waals surface area contributed by atoms with E-state index in [-0.39, 0.29) is 11.5 Å². The summed E-state index contributed by atoms with van der Waals surface area (Å²) < 4.78 is 12.9. The van der Waals surface area contributed by atoms with E-state index in [2.05, 4.69) is 5.32 Å². The van der Waals surface area contributed by atoms with E-state index in [0.717, 1.165) is 25.1 Å². The van der Waals surface area contributed by atoms with Gasteiger partial charge in [-0.15, -0.1) is 0 Å². The first kappa shape index (κ1) is 9.46. The van der Waals surface area contributed by atoms with Crippen molar-refractivity contribution in [2.24, 2.45) is 0 Å². The van der Waals surface area contributed by atoms with E-state index in [9.17, 15) is 4.39 Å². The normalized spacial score (nSPS) is 22.2. The molecule has 3 heteroatoms. The van der Waals surface area contributed by atoms with Crippen LogP contribution in [-0.2, 0) is 0 Å². The molecule has 1 heterocycles. The molecule has 3 N–H and O–H groups in total. The van der Waals surface area contributed by atoms with Crippen molar-refractivity contribution in [1.82, 2.24) is 5.32 Å². The first-order chi connectivity index (χ1) is 6.77. The van der Waals surface area contributed by atoms with Gasteiger partial charge in [0.2, 0.25) is 0 Å². The van der Waals surface area contributed by atoms with Crippen molar-refractivity contribution in [2.45, 2.75) is 18.8 Å². The summed E-state index contributed by atoms with van der Waals surface area (Å²) in [4.78, 5) is 0. The van der Waals surface area contributed by atoms with Gasteiger partial charge in [0.25, 0.3) is 0 Å². The third-order valence-electron chi connectivity index (χ3n) is 2.79. The topological polar surface area (TPSA) is 38.0 Å². The summed E-state index contributed by atoms with van der Waals surface area (Å²) in [5.41, 5.74) is 6.94. The smallest absolute Gasteiger partial charge is 0.146 e. The molecule has 0 aliphatic carbocycles. The zero-order valence-corrected chi connectivity index (χ0v) is 8.09. The van der Waals surface area contributed by atoms with Crippen molar-refractivity contribution in [3.05, 3.63) is 29.6 Å². The van der Waals surface area contributed by atoms with Crippen LogP contribution in [-0.4, -0.2) is 13.1 Å². The maximum absolute atomic E-state index is 12.9. The second-order valence-electron chi connectivity index (χ2n) is 3.82. The summed E-state index contributed by atoms with van der Waals surface area (Å²) in [6.45, 7) is 2.07. The van der Waals surface area contributed by atoms with Crippen LogP contribution in [0.4, 0.5) is 10.1 Å². The molecule has 1 fully saturated rings. The standard InChI is InChI=1S/C11H15FN2/c12-10-4-3-8(6-11(10)13)9-2-1-5-14-7-9/h3-4,6,9,14H,1-2,5,7,13H2. The van der Waals surface area contributed by atoms with Gasteiger partial charge in [0, 0.05) is 6.54 Å². The van der Waals surface area contributed by atoms with Crippen LogP contribution >= 0.6 is 0 Å². The van der Waals surface area contributed by atoms with Crippen molar-refractivity contribution in [1.29, 1.82) is 0 Å². The van der Waals surface area contributed by atoms with Crippen LogP contribution in [0.25, 0.3) is 0 Å². The van der Waals surface area contributed by atoms with E-state index in [1.807, 2.05) is 6.07 Å². The molecule has 1 unspecified atom stereocenters. The van der Waals surface area contributed by atoms with Crippen LogP contribution in [0, 0.1) is 5.82 Å². The van der Waals surface area contributed by atoms with E-state index in [1.54, 1.807) is 6.07 Å². The highest BCUT2D eigenvalue weighted by molar-refractivity contribution is 5.43. The van der Waals surface area contributed by atoms with Gasteiger partial charge in [-0.3, -0.25) is 0 Å². The first-order valence-corrected chi connectivity index (χ1v) is 5.03. The molecule has 1 atom stereocenters. The number of hydrogen-bond acceptors (Lipinski definition) is 2. The summed E-state index contributed by atoms with van der Waals surface area (Å²) in [6, 6.07) is 5.05. The minimum Gasteiger partial charge on any atom is -0.396 e. The van der Waals surface area contributed by atoms with Crippen molar-refractivity contribution in [2.75, 3.05) is 18.8 Å². The Hall–Kier alpha value is -1.09. The lowest BCUT2D eigenvalue weighted by molar-refractivity contribution is 0.461. The van der Waals surface area contributed by atoms with Gasteiger partial charge in [0.1, 0.15) is 5.82 Å². The van der Waals surface area contributed by atoms with Gasteiger partial charge >= 0.3 is 0 Å². The lowest BCUT2D eigenvalue weighted by Gasteiger charge is -2.23. The SMILES string of the molecule is Nc1cc(C2CCCNC2)ccc1F. The molecule has 2 nitrogen and oxygen atoms in total. The Bertz CT molecular complexity index is 319. The van der Waals surface area contributed by atoms with E-state index < -0.39 is 0 Å². The fourth-order valence-corrected chi connectivity index (χ4v) is 1.95. The average Bonchev–Trinajstić information content (AvgIpc) is 2.23. The third kappa shape index (κ3) is 1.87. The molecule has 1 saturated heterocycles. The Morgan fingerprint density at radius 2 is 2.29 bits per heavy atom. The van der Waals surface area contributed by atoms with Crippen LogP contribution in [0.15, 0.2) is 18.2 Å². The largest absolute Gasteiger partial charge is 0.396 e. The van der Waals surface area contributed by atoms with Crippen LogP contribution in [0.1, 0.15) is 24.3 Å². The molecule has 0 radical (unpaired) electrons. The molecule has 1 aromatic carbocycles. The summed E-state index contributed by atoms with van der Waals surface area (Å²) in [7, 11) is 0. The molecular weight excluding hydrogens is 179 g/mol. The molecular formula is C11H15FN2. The minimum absolute atomic E-state index is 0.257. The van der Waals surface area contributed by atoms with Crippen LogP contribution < -0.4 is 11.1 Å². The Morgan fingerprint density at radius 1 is 1.43 bits per heavy atom. The van der Waals surface area contributed by atoms with Gasteiger partial charge in [-0.25, -0.2) is 4.39 Å². The highest BCUT2D eigenvalue weighted by Gasteiger charge is 2.15. The Kier molecular flexibility index (Phi) is 2.68. The van der Waals surface area contributed by atoms with Crippen LogP contribution in [0.3, 0.4) is 0 Å². The van der Waals surface area contributed by atoms with Crippen LogP contribution in [0.5, 0.6) is 0 Å². The molecule has 0 amide bonds. The number of nitrogens with two attached hydrogens (primary N) is 1. The zero-order chi connectivity index (χ0) is 9.97. The quantitative estimate of drug-likeness (QED) is 0.670. The van der Waals surface area contributed by atoms with Gasteiger partial charge in [-0.05, 0) is 43.0 Å². The van der Waals surface area contributed by atoms with Gasteiger partial charge < -0.3 is 11.1 Å². The maximum atomic E-state index is 12.9. The predicted octanol–water partition coefficient (Wildman–Crippen LogP) is 1.87. The van der Waals surface area contributed by atoms with Gasteiger partial charge in [-0.2, -0.15) is 0 Å². The van der Waals surface area contributed by atoms with Crippen molar-refractivity contribution >= 4 is 5.69 Å². The number of rotatable bonds is 1. The number of anilines is 1. The monoisotopic (exact) mass is 194 g/mol. The van der Waals surface area contributed by atoms with Gasteiger partial charge in [0.05, 0.1) is 5.69 Å². The highest BCUT2D eigenvalue weighted by atomic mass is 19.1. The van der Waals surface area contributed by atoms with Crippen molar-refractivity contribution < 1.29 is 4.39 Å². The first-order valence-electron chi connectivity index (χ1n) is 5.03. The lowest BCUT2D eigenvalue weighted by atomic mass is 9.91. The summed E-state index contributed by atoms with van der Waals surface area (Å²) in [6.07, 6.45) is 2.35. The molecule has 0 saturated carbocycles.